The lowest BCUT2D eigenvalue weighted by Crippen LogP contribution is -2.20. The second-order valence-corrected chi connectivity index (χ2v) is 6.64. The van der Waals surface area contributed by atoms with Crippen LogP contribution in [0.2, 0.25) is 0 Å². The van der Waals surface area contributed by atoms with Crippen LogP contribution in [0.3, 0.4) is 0 Å². The van der Waals surface area contributed by atoms with E-state index in [1.807, 2.05) is 61.9 Å². The van der Waals surface area contributed by atoms with Crippen molar-refractivity contribution in [3.63, 3.8) is 0 Å². The summed E-state index contributed by atoms with van der Waals surface area (Å²) in [6.07, 6.45) is 1.77. The third-order valence-corrected chi connectivity index (χ3v) is 4.54. The van der Waals surface area contributed by atoms with Crippen molar-refractivity contribution < 1.29 is 0 Å². The summed E-state index contributed by atoms with van der Waals surface area (Å²) in [4.78, 5) is 11.5. The summed E-state index contributed by atoms with van der Waals surface area (Å²) in [6, 6.07) is 12.2. The highest BCUT2D eigenvalue weighted by Gasteiger charge is 2.15. The van der Waals surface area contributed by atoms with Gasteiger partial charge in [-0.2, -0.15) is 20.2 Å². The van der Waals surface area contributed by atoms with Gasteiger partial charge in [-0.25, -0.2) is 0 Å². The maximum atomic E-state index is 4.75. The Morgan fingerprint density at radius 1 is 1.07 bits per heavy atom. The minimum absolute atomic E-state index is 0.630. The Morgan fingerprint density at radius 3 is 2.56 bits per heavy atom. The predicted molar refractivity (Wildman–Crippen MR) is 106 cm³/mol. The normalized spacial score (nSPS) is 11.1. The number of nitrogens with zero attached hydrogens (tertiary/aromatic N) is 7. The van der Waals surface area contributed by atoms with E-state index in [2.05, 4.69) is 27.6 Å². The number of rotatable bonds is 5. The molecule has 0 atom stereocenters. The maximum Gasteiger partial charge on any atom is 0.229 e. The molecule has 0 saturated carbocycles. The molecule has 3 aromatic heterocycles. The molecule has 0 spiro atoms. The average Bonchev–Trinajstić information content (AvgIpc) is 3.18. The van der Waals surface area contributed by atoms with Gasteiger partial charge in [-0.1, -0.05) is 30.3 Å². The topological polar surface area (TPSA) is 76.7 Å². The Morgan fingerprint density at radius 2 is 1.85 bits per heavy atom. The first-order valence-electron chi connectivity index (χ1n) is 8.74. The SMILES string of the molecule is Cc1cc(Nc2nc(N(C)Cc3ccccc3)nc3c2cnn3C)nn1C. The number of hydrogen-bond acceptors (Lipinski definition) is 6. The molecule has 0 saturated heterocycles. The highest BCUT2D eigenvalue weighted by molar-refractivity contribution is 5.89. The van der Waals surface area contributed by atoms with Crippen molar-refractivity contribution in [2.45, 2.75) is 13.5 Å². The largest absolute Gasteiger partial charge is 0.339 e. The molecule has 8 nitrogen and oxygen atoms in total. The van der Waals surface area contributed by atoms with Gasteiger partial charge in [0, 0.05) is 39.4 Å². The highest BCUT2D eigenvalue weighted by atomic mass is 15.3. The van der Waals surface area contributed by atoms with Crippen LogP contribution in [0.25, 0.3) is 11.0 Å². The Labute approximate surface area is 157 Å². The fraction of sp³-hybridized carbons (Fsp3) is 0.263. The van der Waals surface area contributed by atoms with Crippen LogP contribution in [0.1, 0.15) is 11.3 Å². The summed E-state index contributed by atoms with van der Waals surface area (Å²) >= 11 is 0. The molecule has 4 aromatic rings. The zero-order valence-corrected chi connectivity index (χ0v) is 15.9. The molecule has 0 fully saturated rings. The summed E-state index contributed by atoms with van der Waals surface area (Å²) in [5.74, 6) is 2.07. The Hall–Kier alpha value is -3.42. The monoisotopic (exact) mass is 362 g/mol. The van der Waals surface area contributed by atoms with Crippen LogP contribution < -0.4 is 10.2 Å². The van der Waals surface area contributed by atoms with Crippen molar-refractivity contribution in [3.05, 3.63) is 53.9 Å². The molecular weight excluding hydrogens is 340 g/mol. The minimum Gasteiger partial charge on any atom is -0.339 e. The number of anilines is 3. The molecule has 27 heavy (non-hydrogen) atoms. The van der Waals surface area contributed by atoms with E-state index in [0.29, 0.717) is 18.3 Å². The summed E-state index contributed by atoms with van der Waals surface area (Å²) in [5.41, 5.74) is 3.04. The predicted octanol–water partition coefficient (Wildman–Crippen LogP) is 2.79. The Kier molecular flexibility index (Phi) is 4.23. The molecule has 0 aliphatic heterocycles. The average molecular weight is 362 g/mol. The number of nitrogens with one attached hydrogen (secondary N) is 1. The molecule has 4 rings (SSSR count). The van der Waals surface area contributed by atoms with Gasteiger partial charge in [0.05, 0.1) is 11.6 Å². The third-order valence-electron chi connectivity index (χ3n) is 4.54. The van der Waals surface area contributed by atoms with Crippen LogP contribution in [0.15, 0.2) is 42.6 Å². The van der Waals surface area contributed by atoms with Crippen LogP contribution in [-0.2, 0) is 20.6 Å². The second-order valence-electron chi connectivity index (χ2n) is 6.64. The van der Waals surface area contributed by atoms with E-state index in [4.69, 9.17) is 9.97 Å². The zero-order valence-electron chi connectivity index (χ0n) is 15.9. The van der Waals surface area contributed by atoms with Gasteiger partial charge in [-0.05, 0) is 12.5 Å². The lowest BCUT2D eigenvalue weighted by Gasteiger charge is -2.18. The van der Waals surface area contributed by atoms with Gasteiger partial charge in [0.25, 0.3) is 0 Å². The van der Waals surface area contributed by atoms with Gasteiger partial charge in [-0.15, -0.1) is 0 Å². The van der Waals surface area contributed by atoms with Crippen LogP contribution in [-0.4, -0.2) is 36.6 Å². The molecule has 8 heteroatoms. The lowest BCUT2D eigenvalue weighted by molar-refractivity contribution is 0.743. The zero-order chi connectivity index (χ0) is 19.0. The number of aromatic nitrogens is 6. The molecule has 0 aliphatic carbocycles. The van der Waals surface area contributed by atoms with E-state index in [0.717, 1.165) is 22.5 Å². The van der Waals surface area contributed by atoms with Crippen LogP contribution in [0.4, 0.5) is 17.6 Å². The fourth-order valence-corrected chi connectivity index (χ4v) is 2.95. The number of benzene rings is 1. The maximum absolute atomic E-state index is 4.75. The molecule has 0 unspecified atom stereocenters. The smallest absolute Gasteiger partial charge is 0.229 e. The molecule has 0 radical (unpaired) electrons. The van der Waals surface area contributed by atoms with E-state index in [-0.39, 0.29) is 0 Å². The molecular formula is C19H22N8. The standard InChI is InChI=1S/C19H22N8/c1-13-10-16(24-26(13)3)21-17-15-11-20-27(4)18(15)23-19(22-17)25(2)12-14-8-6-5-7-9-14/h5-11H,12H2,1-4H3,(H,21,22,23,24). The summed E-state index contributed by atoms with van der Waals surface area (Å²) in [5, 5.41) is 13.0. The van der Waals surface area contributed by atoms with E-state index in [1.165, 1.54) is 5.56 Å². The van der Waals surface area contributed by atoms with Crippen molar-refractivity contribution in [1.29, 1.82) is 0 Å². The quantitative estimate of drug-likeness (QED) is 0.588. The molecule has 1 aromatic carbocycles. The number of fused-ring (bicyclic) bond motifs is 1. The minimum atomic E-state index is 0.630. The first-order chi connectivity index (χ1) is 13.0. The third kappa shape index (κ3) is 3.33. The molecule has 0 aliphatic rings. The molecule has 138 valence electrons. The van der Waals surface area contributed by atoms with Crippen molar-refractivity contribution in [1.82, 2.24) is 29.5 Å². The molecule has 1 N–H and O–H groups in total. The molecule has 0 amide bonds. The number of aryl methyl sites for hydroxylation is 3. The van der Waals surface area contributed by atoms with E-state index >= 15 is 0 Å². The van der Waals surface area contributed by atoms with Crippen LogP contribution in [0.5, 0.6) is 0 Å². The van der Waals surface area contributed by atoms with Crippen molar-refractivity contribution in [2.24, 2.45) is 14.1 Å². The van der Waals surface area contributed by atoms with Gasteiger partial charge in [0.1, 0.15) is 5.82 Å². The van der Waals surface area contributed by atoms with Crippen LogP contribution in [0, 0.1) is 6.92 Å². The summed E-state index contributed by atoms with van der Waals surface area (Å²) in [7, 11) is 5.78. The van der Waals surface area contributed by atoms with E-state index in [9.17, 15) is 0 Å². The lowest BCUT2D eigenvalue weighted by atomic mass is 10.2. The van der Waals surface area contributed by atoms with Crippen molar-refractivity contribution >= 4 is 28.6 Å². The first kappa shape index (κ1) is 17.0. The second kappa shape index (κ2) is 6.71. The highest BCUT2D eigenvalue weighted by Crippen LogP contribution is 2.26. The Bertz CT molecular complexity index is 1060. The van der Waals surface area contributed by atoms with E-state index in [1.54, 1.807) is 10.9 Å². The van der Waals surface area contributed by atoms with Gasteiger partial charge < -0.3 is 10.2 Å². The summed E-state index contributed by atoms with van der Waals surface area (Å²) < 4.78 is 3.58. The first-order valence-corrected chi connectivity index (χ1v) is 8.74. The van der Waals surface area contributed by atoms with Gasteiger partial charge in [0.15, 0.2) is 11.5 Å². The molecule has 3 heterocycles. The number of hydrogen-bond donors (Lipinski definition) is 1. The van der Waals surface area contributed by atoms with Crippen LogP contribution >= 0.6 is 0 Å². The van der Waals surface area contributed by atoms with E-state index < -0.39 is 0 Å². The van der Waals surface area contributed by atoms with Crippen molar-refractivity contribution in [3.8, 4) is 0 Å². The summed E-state index contributed by atoms with van der Waals surface area (Å²) in [6.45, 7) is 2.73. The van der Waals surface area contributed by atoms with Gasteiger partial charge in [0.2, 0.25) is 5.95 Å². The fourth-order valence-electron chi connectivity index (χ4n) is 2.95. The van der Waals surface area contributed by atoms with Crippen molar-refractivity contribution in [2.75, 3.05) is 17.3 Å². The molecule has 0 bridgehead atoms. The van der Waals surface area contributed by atoms with Gasteiger partial charge in [-0.3, -0.25) is 9.36 Å². The van der Waals surface area contributed by atoms with Gasteiger partial charge >= 0.3 is 0 Å². The Balaban J connectivity index is 1.72.